The fourth-order valence-corrected chi connectivity index (χ4v) is 4.12. The lowest BCUT2D eigenvalue weighted by atomic mass is 9.91. The molecule has 1 atom stereocenters. The van der Waals surface area contributed by atoms with Crippen molar-refractivity contribution < 1.29 is 4.79 Å². The zero-order valence-electron chi connectivity index (χ0n) is 16.1. The van der Waals surface area contributed by atoms with Gasteiger partial charge in [-0.1, -0.05) is 36.9 Å². The molecule has 1 aromatic carbocycles. The molecule has 27 heavy (non-hydrogen) atoms. The number of carbonyl (C=O) groups is 1. The monoisotopic (exact) mass is 381 g/mol. The molecule has 3 heterocycles. The van der Waals surface area contributed by atoms with E-state index < -0.39 is 0 Å². The molecule has 0 radical (unpaired) electrons. The van der Waals surface area contributed by atoms with Gasteiger partial charge in [-0.15, -0.1) is 5.10 Å². The molecule has 1 aliphatic rings. The van der Waals surface area contributed by atoms with Gasteiger partial charge in [0, 0.05) is 29.2 Å². The van der Waals surface area contributed by atoms with Crippen LogP contribution in [0.4, 0.5) is 5.69 Å². The highest BCUT2D eigenvalue weighted by atomic mass is 32.2. The van der Waals surface area contributed by atoms with Gasteiger partial charge in [0.2, 0.25) is 11.1 Å². The molecular weight excluding hydrogens is 358 g/mol. The Morgan fingerprint density at radius 1 is 1.26 bits per heavy atom. The van der Waals surface area contributed by atoms with Crippen LogP contribution in [0, 0.1) is 13.8 Å². The lowest BCUT2D eigenvalue weighted by Gasteiger charge is -2.33. The van der Waals surface area contributed by atoms with Gasteiger partial charge in [0.15, 0.2) is 0 Å². The third-order valence-electron chi connectivity index (χ3n) is 5.39. The summed E-state index contributed by atoms with van der Waals surface area (Å²) in [6.45, 7) is 6.90. The standard InChI is InChI=1S/C20H23N5OS/c1-12-9-10-24(17-8-6-5-7-15(12)17)18(26)11-16-13(2)21-19-22-20(27-4)23-25(19)14(16)3/h5-8,12H,9-11H2,1-4H3/t12-/m0/s1. The zero-order chi connectivity index (χ0) is 19.1. The lowest BCUT2D eigenvalue weighted by Crippen LogP contribution is -2.37. The Morgan fingerprint density at radius 2 is 2.04 bits per heavy atom. The molecule has 3 aromatic rings. The van der Waals surface area contributed by atoms with Crippen molar-refractivity contribution in [3.63, 3.8) is 0 Å². The number of hydrogen-bond donors (Lipinski definition) is 0. The van der Waals surface area contributed by atoms with E-state index in [1.807, 2.05) is 43.2 Å². The molecule has 0 saturated heterocycles. The fraction of sp³-hybridized carbons (Fsp3) is 0.400. The molecule has 0 fully saturated rings. The summed E-state index contributed by atoms with van der Waals surface area (Å²) in [5.74, 6) is 1.17. The first-order valence-corrected chi connectivity index (χ1v) is 10.4. The Morgan fingerprint density at radius 3 is 2.81 bits per heavy atom. The molecule has 1 amide bonds. The van der Waals surface area contributed by atoms with Gasteiger partial charge in [-0.05, 0) is 44.1 Å². The number of amides is 1. The van der Waals surface area contributed by atoms with Crippen LogP contribution in [0.1, 0.15) is 41.8 Å². The predicted octanol–water partition coefficient (Wildman–Crippen LogP) is 3.55. The van der Waals surface area contributed by atoms with Crippen molar-refractivity contribution in [3.05, 3.63) is 46.8 Å². The van der Waals surface area contributed by atoms with E-state index in [9.17, 15) is 4.79 Å². The molecule has 4 rings (SSSR count). The topological polar surface area (TPSA) is 63.4 Å². The lowest BCUT2D eigenvalue weighted by molar-refractivity contribution is -0.118. The summed E-state index contributed by atoms with van der Waals surface area (Å²) in [5, 5.41) is 5.17. The second-order valence-electron chi connectivity index (χ2n) is 7.04. The molecule has 0 saturated carbocycles. The van der Waals surface area contributed by atoms with Crippen molar-refractivity contribution in [1.29, 1.82) is 0 Å². The SMILES string of the molecule is CSc1nc2nc(C)c(CC(=O)N3CC[C@H](C)c4ccccc43)c(C)n2n1. The normalized spacial score (nSPS) is 16.6. The minimum Gasteiger partial charge on any atom is -0.312 e. The van der Waals surface area contributed by atoms with Crippen LogP contribution in [0.2, 0.25) is 0 Å². The van der Waals surface area contributed by atoms with E-state index in [2.05, 4.69) is 28.1 Å². The molecule has 0 unspecified atom stereocenters. The second-order valence-corrected chi connectivity index (χ2v) is 7.82. The van der Waals surface area contributed by atoms with Crippen LogP contribution in [-0.4, -0.2) is 38.3 Å². The van der Waals surface area contributed by atoms with E-state index in [1.165, 1.54) is 17.3 Å². The summed E-state index contributed by atoms with van der Waals surface area (Å²) in [6, 6.07) is 8.22. The number of aromatic nitrogens is 4. The molecule has 1 aliphatic heterocycles. The first-order valence-electron chi connectivity index (χ1n) is 9.15. The van der Waals surface area contributed by atoms with Crippen LogP contribution in [0.5, 0.6) is 0 Å². The Balaban J connectivity index is 1.68. The van der Waals surface area contributed by atoms with E-state index in [-0.39, 0.29) is 5.91 Å². The highest BCUT2D eigenvalue weighted by Crippen LogP contribution is 2.35. The van der Waals surface area contributed by atoms with Gasteiger partial charge in [-0.25, -0.2) is 9.50 Å². The number of carbonyl (C=O) groups excluding carboxylic acids is 1. The molecule has 0 aliphatic carbocycles. The summed E-state index contributed by atoms with van der Waals surface area (Å²) < 4.78 is 1.74. The second kappa shape index (κ2) is 6.96. The van der Waals surface area contributed by atoms with Gasteiger partial charge < -0.3 is 4.90 Å². The zero-order valence-corrected chi connectivity index (χ0v) is 16.9. The Hall–Kier alpha value is -2.41. The Kier molecular flexibility index (Phi) is 4.63. The summed E-state index contributed by atoms with van der Waals surface area (Å²) in [5.41, 5.74) is 4.99. The van der Waals surface area contributed by atoms with Crippen LogP contribution < -0.4 is 4.90 Å². The van der Waals surface area contributed by atoms with Crippen LogP contribution in [0.25, 0.3) is 5.78 Å². The minimum absolute atomic E-state index is 0.104. The quantitative estimate of drug-likeness (QED) is 0.649. The Bertz CT molecular complexity index is 1030. The van der Waals surface area contributed by atoms with Crippen LogP contribution >= 0.6 is 11.8 Å². The molecule has 2 aromatic heterocycles. The molecule has 0 spiro atoms. The fourth-order valence-electron chi connectivity index (χ4n) is 3.79. The summed E-state index contributed by atoms with van der Waals surface area (Å²) >= 11 is 1.49. The van der Waals surface area contributed by atoms with Crippen molar-refractivity contribution in [2.24, 2.45) is 0 Å². The number of benzene rings is 1. The molecule has 0 N–H and O–H groups in total. The van der Waals surface area contributed by atoms with Gasteiger partial charge in [0.25, 0.3) is 5.78 Å². The molecule has 140 valence electrons. The summed E-state index contributed by atoms with van der Waals surface area (Å²) in [4.78, 5) is 24.1. The summed E-state index contributed by atoms with van der Waals surface area (Å²) in [7, 11) is 0. The number of anilines is 1. The van der Waals surface area contributed by atoms with E-state index >= 15 is 0 Å². The van der Waals surface area contributed by atoms with Crippen molar-refractivity contribution in [1.82, 2.24) is 19.6 Å². The van der Waals surface area contributed by atoms with Gasteiger partial charge in [0.05, 0.1) is 6.42 Å². The molecule has 7 heteroatoms. The van der Waals surface area contributed by atoms with Gasteiger partial charge in [-0.2, -0.15) is 4.98 Å². The van der Waals surface area contributed by atoms with E-state index in [0.717, 1.165) is 35.6 Å². The smallest absolute Gasteiger partial charge is 0.253 e. The number of rotatable bonds is 3. The number of aryl methyl sites for hydroxylation is 2. The predicted molar refractivity (Wildman–Crippen MR) is 108 cm³/mol. The molecule has 6 nitrogen and oxygen atoms in total. The number of hydrogen-bond acceptors (Lipinski definition) is 5. The van der Waals surface area contributed by atoms with E-state index in [4.69, 9.17) is 0 Å². The first-order chi connectivity index (χ1) is 13.0. The summed E-state index contributed by atoms with van der Waals surface area (Å²) in [6.07, 6.45) is 3.24. The average molecular weight is 382 g/mol. The number of thioether (sulfide) groups is 1. The van der Waals surface area contributed by atoms with Crippen LogP contribution in [-0.2, 0) is 11.2 Å². The number of para-hydroxylation sites is 1. The van der Waals surface area contributed by atoms with Gasteiger partial charge in [0.1, 0.15) is 0 Å². The van der Waals surface area contributed by atoms with Crippen LogP contribution in [0.15, 0.2) is 29.4 Å². The maximum atomic E-state index is 13.2. The maximum Gasteiger partial charge on any atom is 0.253 e. The number of fused-ring (bicyclic) bond motifs is 2. The highest BCUT2D eigenvalue weighted by Gasteiger charge is 2.27. The number of nitrogens with zero attached hydrogens (tertiary/aromatic N) is 5. The minimum atomic E-state index is 0.104. The van der Waals surface area contributed by atoms with Gasteiger partial charge >= 0.3 is 0 Å². The maximum absolute atomic E-state index is 13.2. The third kappa shape index (κ3) is 3.10. The van der Waals surface area contributed by atoms with Crippen LogP contribution in [0.3, 0.4) is 0 Å². The highest BCUT2D eigenvalue weighted by molar-refractivity contribution is 7.98. The molecular formula is C20H23N5OS. The largest absolute Gasteiger partial charge is 0.312 e. The van der Waals surface area contributed by atoms with Crippen molar-refractivity contribution in [2.45, 2.75) is 44.7 Å². The first kappa shape index (κ1) is 18.0. The molecule has 0 bridgehead atoms. The Labute approximate surface area is 163 Å². The van der Waals surface area contributed by atoms with E-state index in [1.54, 1.807) is 4.52 Å². The average Bonchev–Trinajstić information content (AvgIpc) is 3.09. The van der Waals surface area contributed by atoms with Crippen molar-refractivity contribution >= 4 is 29.1 Å². The van der Waals surface area contributed by atoms with Crippen molar-refractivity contribution in [3.8, 4) is 0 Å². The van der Waals surface area contributed by atoms with Crippen molar-refractivity contribution in [2.75, 3.05) is 17.7 Å². The van der Waals surface area contributed by atoms with E-state index in [0.29, 0.717) is 23.3 Å². The third-order valence-corrected chi connectivity index (χ3v) is 5.92. The van der Waals surface area contributed by atoms with Gasteiger partial charge in [-0.3, -0.25) is 4.79 Å².